The van der Waals surface area contributed by atoms with Gasteiger partial charge in [-0.25, -0.2) is 4.98 Å². The van der Waals surface area contributed by atoms with Crippen LogP contribution >= 0.6 is 0 Å². The van der Waals surface area contributed by atoms with E-state index in [9.17, 15) is 4.79 Å². The van der Waals surface area contributed by atoms with E-state index in [2.05, 4.69) is 10.3 Å². The lowest BCUT2D eigenvalue weighted by Gasteiger charge is -2.20. The summed E-state index contributed by atoms with van der Waals surface area (Å²) in [5.74, 6) is 1.36. The third-order valence-corrected chi connectivity index (χ3v) is 4.83. The molecule has 134 valence electrons. The fraction of sp³-hybridized carbons (Fsp3) is 0.333. The Kier molecular flexibility index (Phi) is 4.47. The number of carbonyl (C=O) groups excluding carboxylic acids is 1. The number of ether oxygens (including phenoxy) is 1. The molecule has 1 aromatic carbocycles. The van der Waals surface area contributed by atoms with Crippen molar-refractivity contribution in [1.82, 2.24) is 10.3 Å². The lowest BCUT2D eigenvalue weighted by atomic mass is 10.0. The Balaban J connectivity index is 1.71. The van der Waals surface area contributed by atoms with Crippen molar-refractivity contribution in [2.45, 2.75) is 38.8 Å². The van der Waals surface area contributed by atoms with Gasteiger partial charge in [0.25, 0.3) is 5.91 Å². The number of fused-ring (bicyclic) bond motifs is 1. The molecule has 3 heterocycles. The van der Waals surface area contributed by atoms with Gasteiger partial charge in [-0.05, 0) is 51.0 Å². The second-order valence-electron chi connectivity index (χ2n) is 6.80. The summed E-state index contributed by atoms with van der Waals surface area (Å²) in [6.45, 7) is 4.65. The number of hydrogen-bond acceptors (Lipinski definition) is 4. The van der Waals surface area contributed by atoms with Gasteiger partial charge in [0.2, 0.25) is 0 Å². The van der Waals surface area contributed by atoms with Gasteiger partial charge in [0.1, 0.15) is 11.5 Å². The highest BCUT2D eigenvalue weighted by Crippen LogP contribution is 2.26. The van der Waals surface area contributed by atoms with E-state index < -0.39 is 0 Å². The van der Waals surface area contributed by atoms with Gasteiger partial charge in [0.15, 0.2) is 5.76 Å². The summed E-state index contributed by atoms with van der Waals surface area (Å²) in [4.78, 5) is 17.6. The molecule has 1 aliphatic heterocycles. The number of pyridine rings is 1. The van der Waals surface area contributed by atoms with E-state index in [4.69, 9.17) is 9.15 Å². The lowest BCUT2D eigenvalue weighted by Crippen LogP contribution is -2.40. The Morgan fingerprint density at radius 1 is 1.27 bits per heavy atom. The molecular formula is C21H22N2O3. The van der Waals surface area contributed by atoms with Gasteiger partial charge in [0, 0.05) is 12.0 Å². The fourth-order valence-corrected chi connectivity index (χ4v) is 3.44. The Morgan fingerprint density at radius 3 is 2.85 bits per heavy atom. The number of amides is 1. The Bertz CT molecular complexity index is 941. The number of hydrogen-bond donors (Lipinski definition) is 1. The molecule has 26 heavy (non-hydrogen) atoms. The van der Waals surface area contributed by atoms with Crippen LogP contribution in [0.5, 0.6) is 0 Å². The summed E-state index contributed by atoms with van der Waals surface area (Å²) >= 11 is 0. The molecule has 5 nitrogen and oxygen atoms in total. The van der Waals surface area contributed by atoms with Crippen molar-refractivity contribution in [3.05, 3.63) is 53.8 Å². The Hall–Kier alpha value is -2.66. The van der Waals surface area contributed by atoms with Crippen molar-refractivity contribution >= 4 is 16.8 Å². The van der Waals surface area contributed by atoms with Crippen molar-refractivity contribution in [3.8, 4) is 11.5 Å². The maximum Gasteiger partial charge on any atom is 0.252 e. The Labute approximate surface area is 152 Å². The quantitative estimate of drug-likeness (QED) is 0.769. The topological polar surface area (TPSA) is 64.4 Å². The van der Waals surface area contributed by atoms with E-state index in [1.54, 1.807) is 6.07 Å². The first kappa shape index (κ1) is 16.8. The average Bonchev–Trinajstić information content (AvgIpc) is 3.32. The molecule has 5 heteroatoms. The first-order valence-electron chi connectivity index (χ1n) is 9.01. The van der Waals surface area contributed by atoms with Gasteiger partial charge in [-0.1, -0.05) is 18.2 Å². The SMILES string of the molecule is Cc1ccc(-c2cc(C(=O)N[C@@H](C)[C@H]3CCCO3)c3ccccc3n2)o1. The van der Waals surface area contributed by atoms with Gasteiger partial charge in [-0.15, -0.1) is 0 Å². The van der Waals surface area contributed by atoms with E-state index in [1.807, 2.05) is 50.2 Å². The second kappa shape index (κ2) is 6.92. The highest BCUT2D eigenvalue weighted by atomic mass is 16.5. The summed E-state index contributed by atoms with van der Waals surface area (Å²) < 4.78 is 11.4. The van der Waals surface area contributed by atoms with Gasteiger partial charge < -0.3 is 14.5 Å². The van der Waals surface area contributed by atoms with Crippen molar-refractivity contribution in [3.63, 3.8) is 0 Å². The monoisotopic (exact) mass is 350 g/mol. The zero-order valence-corrected chi connectivity index (χ0v) is 15.0. The highest BCUT2D eigenvalue weighted by molar-refractivity contribution is 6.07. The molecule has 1 N–H and O–H groups in total. The van der Waals surface area contributed by atoms with Crippen molar-refractivity contribution in [1.29, 1.82) is 0 Å². The number of nitrogens with zero attached hydrogens (tertiary/aromatic N) is 1. The molecule has 3 aromatic rings. The minimum Gasteiger partial charge on any atom is -0.460 e. The molecule has 2 aromatic heterocycles. The predicted octanol–water partition coefficient (Wildman–Crippen LogP) is 4.10. The molecule has 0 radical (unpaired) electrons. The molecule has 2 atom stereocenters. The van der Waals surface area contributed by atoms with Gasteiger partial charge >= 0.3 is 0 Å². The number of furan rings is 1. The minimum absolute atomic E-state index is 0.0359. The summed E-state index contributed by atoms with van der Waals surface area (Å²) in [5.41, 5.74) is 2.03. The van der Waals surface area contributed by atoms with E-state index in [-0.39, 0.29) is 18.1 Å². The van der Waals surface area contributed by atoms with E-state index in [0.717, 1.165) is 36.1 Å². The second-order valence-corrected chi connectivity index (χ2v) is 6.80. The van der Waals surface area contributed by atoms with Crippen LogP contribution in [0.15, 0.2) is 46.9 Å². The molecule has 1 fully saturated rings. The molecule has 0 unspecified atom stereocenters. The van der Waals surface area contributed by atoms with Crippen LogP contribution in [-0.4, -0.2) is 29.6 Å². The van der Waals surface area contributed by atoms with E-state index in [0.29, 0.717) is 17.0 Å². The summed E-state index contributed by atoms with van der Waals surface area (Å²) in [7, 11) is 0. The van der Waals surface area contributed by atoms with Crippen LogP contribution in [0, 0.1) is 6.92 Å². The zero-order valence-electron chi connectivity index (χ0n) is 15.0. The van der Waals surface area contributed by atoms with Crippen LogP contribution in [0.2, 0.25) is 0 Å². The number of para-hydroxylation sites is 1. The molecule has 4 rings (SSSR count). The first-order valence-corrected chi connectivity index (χ1v) is 9.01. The van der Waals surface area contributed by atoms with Crippen LogP contribution in [0.25, 0.3) is 22.4 Å². The first-order chi connectivity index (χ1) is 12.6. The number of benzene rings is 1. The summed E-state index contributed by atoms with van der Waals surface area (Å²) in [6.07, 6.45) is 2.11. The third-order valence-electron chi connectivity index (χ3n) is 4.83. The summed E-state index contributed by atoms with van der Waals surface area (Å²) in [6, 6.07) is 13.2. The molecule has 0 spiro atoms. The molecule has 0 saturated carbocycles. The van der Waals surface area contributed by atoms with Crippen molar-refractivity contribution < 1.29 is 13.9 Å². The normalized spacial score (nSPS) is 18.2. The molecular weight excluding hydrogens is 328 g/mol. The van der Waals surface area contributed by atoms with Crippen LogP contribution in [0.1, 0.15) is 35.9 Å². The van der Waals surface area contributed by atoms with E-state index in [1.165, 1.54) is 0 Å². The van der Waals surface area contributed by atoms with Crippen LogP contribution < -0.4 is 5.32 Å². The van der Waals surface area contributed by atoms with Crippen molar-refractivity contribution in [2.75, 3.05) is 6.61 Å². The fourth-order valence-electron chi connectivity index (χ4n) is 3.44. The highest BCUT2D eigenvalue weighted by Gasteiger charge is 2.25. The van der Waals surface area contributed by atoms with Crippen LogP contribution in [0.4, 0.5) is 0 Å². The van der Waals surface area contributed by atoms with Crippen LogP contribution in [0.3, 0.4) is 0 Å². The number of aromatic nitrogens is 1. The lowest BCUT2D eigenvalue weighted by molar-refractivity contribution is 0.0713. The van der Waals surface area contributed by atoms with Gasteiger partial charge in [-0.3, -0.25) is 4.79 Å². The van der Waals surface area contributed by atoms with Crippen LogP contribution in [-0.2, 0) is 4.74 Å². The molecule has 0 bridgehead atoms. The zero-order chi connectivity index (χ0) is 18.1. The smallest absolute Gasteiger partial charge is 0.252 e. The van der Waals surface area contributed by atoms with Crippen molar-refractivity contribution in [2.24, 2.45) is 0 Å². The number of carbonyl (C=O) groups is 1. The van der Waals surface area contributed by atoms with Gasteiger partial charge in [0.05, 0.1) is 23.2 Å². The largest absolute Gasteiger partial charge is 0.460 e. The minimum atomic E-state index is -0.115. The number of rotatable bonds is 4. The molecule has 1 saturated heterocycles. The Morgan fingerprint density at radius 2 is 2.12 bits per heavy atom. The van der Waals surface area contributed by atoms with E-state index >= 15 is 0 Å². The molecule has 1 aliphatic rings. The third kappa shape index (κ3) is 3.22. The molecule has 0 aliphatic carbocycles. The van der Waals surface area contributed by atoms with Gasteiger partial charge in [-0.2, -0.15) is 0 Å². The summed E-state index contributed by atoms with van der Waals surface area (Å²) in [5, 5.41) is 3.92. The molecule has 1 amide bonds. The maximum atomic E-state index is 13.0. The average molecular weight is 350 g/mol. The standard InChI is InChI=1S/C21H22N2O3/c1-13-9-10-20(26-13)18-12-16(15-6-3-4-7-17(15)23-18)21(24)22-14(2)19-8-5-11-25-19/h3-4,6-7,9-10,12,14,19H,5,8,11H2,1-2H3,(H,22,24)/t14-,19+/m0/s1. The predicted molar refractivity (Wildman–Crippen MR) is 100 cm³/mol. The number of aryl methyl sites for hydroxylation is 1. The maximum absolute atomic E-state index is 13.0. The number of nitrogens with one attached hydrogen (secondary N) is 1.